The van der Waals surface area contributed by atoms with Crippen LogP contribution in [0.25, 0.3) is 0 Å². The fourth-order valence-electron chi connectivity index (χ4n) is 2.16. The molecular formula is C13H14N4O3. The number of hydrogen-bond acceptors (Lipinski definition) is 5. The van der Waals surface area contributed by atoms with Crippen LogP contribution < -0.4 is 5.32 Å². The van der Waals surface area contributed by atoms with E-state index in [0.29, 0.717) is 5.56 Å². The summed E-state index contributed by atoms with van der Waals surface area (Å²) in [5.41, 5.74) is 0.367. The molecule has 1 aliphatic heterocycles. The van der Waals surface area contributed by atoms with Gasteiger partial charge < -0.3 is 10.2 Å². The van der Waals surface area contributed by atoms with Crippen molar-refractivity contribution in [1.82, 2.24) is 4.90 Å². The number of nitro benzene ring substituents is 1. The first kappa shape index (κ1) is 13.8. The molecular weight excluding hydrogens is 260 g/mol. The standard InChI is InChI=1S/C13H14N4O3/c14-8-10-3-4-12(17(19)20)11(7-10)15-9-13(18)16-5-1-2-6-16/h3-4,7,15H,1-2,5-6,9H2. The maximum Gasteiger partial charge on any atom is 0.292 e. The lowest BCUT2D eigenvalue weighted by Crippen LogP contribution is -2.33. The van der Waals surface area contributed by atoms with Crippen LogP contribution in [0.4, 0.5) is 11.4 Å². The van der Waals surface area contributed by atoms with Gasteiger partial charge in [-0.15, -0.1) is 0 Å². The SMILES string of the molecule is N#Cc1ccc([N+](=O)[O-])c(NCC(=O)N2CCCC2)c1. The van der Waals surface area contributed by atoms with Gasteiger partial charge in [0.15, 0.2) is 0 Å². The van der Waals surface area contributed by atoms with E-state index in [1.54, 1.807) is 4.90 Å². The maximum atomic E-state index is 11.9. The molecule has 0 spiro atoms. The smallest absolute Gasteiger partial charge is 0.292 e. The summed E-state index contributed by atoms with van der Waals surface area (Å²) in [5, 5.41) is 22.5. The monoisotopic (exact) mass is 274 g/mol. The van der Waals surface area contributed by atoms with E-state index in [1.807, 2.05) is 6.07 Å². The number of carbonyl (C=O) groups is 1. The molecule has 0 radical (unpaired) electrons. The highest BCUT2D eigenvalue weighted by atomic mass is 16.6. The quantitative estimate of drug-likeness (QED) is 0.662. The van der Waals surface area contributed by atoms with Crippen molar-refractivity contribution in [3.63, 3.8) is 0 Å². The highest BCUT2D eigenvalue weighted by Crippen LogP contribution is 2.25. The lowest BCUT2D eigenvalue weighted by molar-refractivity contribution is -0.384. The van der Waals surface area contributed by atoms with Crippen molar-refractivity contribution < 1.29 is 9.72 Å². The Labute approximate surface area is 115 Å². The summed E-state index contributed by atoms with van der Waals surface area (Å²) < 4.78 is 0. The lowest BCUT2D eigenvalue weighted by Gasteiger charge is -2.16. The zero-order valence-electron chi connectivity index (χ0n) is 10.8. The minimum absolute atomic E-state index is 0.00424. The fourth-order valence-corrected chi connectivity index (χ4v) is 2.16. The van der Waals surface area contributed by atoms with E-state index in [9.17, 15) is 14.9 Å². The summed E-state index contributed by atoms with van der Waals surface area (Å²) in [5.74, 6) is -0.0841. The molecule has 0 atom stereocenters. The topological polar surface area (TPSA) is 99.3 Å². The Balaban J connectivity index is 2.09. The molecule has 1 saturated heterocycles. The van der Waals surface area contributed by atoms with E-state index in [2.05, 4.69) is 5.32 Å². The van der Waals surface area contributed by atoms with E-state index in [-0.39, 0.29) is 23.8 Å². The van der Waals surface area contributed by atoms with Crippen LogP contribution in [0.2, 0.25) is 0 Å². The second-order valence-electron chi connectivity index (χ2n) is 4.54. The zero-order chi connectivity index (χ0) is 14.5. The predicted octanol–water partition coefficient (Wildman–Crippen LogP) is 1.50. The van der Waals surface area contributed by atoms with Gasteiger partial charge in [0.1, 0.15) is 5.69 Å². The molecule has 0 aromatic heterocycles. The third kappa shape index (κ3) is 3.03. The van der Waals surface area contributed by atoms with Gasteiger partial charge in [-0.25, -0.2) is 0 Å². The molecule has 0 saturated carbocycles. The summed E-state index contributed by atoms with van der Waals surface area (Å²) in [7, 11) is 0. The third-order valence-corrected chi connectivity index (χ3v) is 3.21. The molecule has 7 heteroatoms. The van der Waals surface area contributed by atoms with Gasteiger partial charge >= 0.3 is 0 Å². The van der Waals surface area contributed by atoms with Crippen LogP contribution in [-0.4, -0.2) is 35.4 Å². The molecule has 104 valence electrons. The van der Waals surface area contributed by atoms with E-state index in [4.69, 9.17) is 5.26 Å². The summed E-state index contributed by atoms with van der Waals surface area (Å²) >= 11 is 0. The number of nitro groups is 1. The summed E-state index contributed by atoms with van der Waals surface area (Å²) in [6.07, 6.45) is 1.99. The van der Waals surface area contributed by atoms with Gasteiger partial charge in [0.2, 0.25) is 5.91 Å². The normalized spacial score (nSPS) is 13.8. The van der Waals surface area contributed by atoms with Crippen molar-refractivity contribution in [2.24, 2.45) is 0 Å². The number of rotatable bonds is 4. The first-order valence-corrected chi connectivity index (χ1v) is 6.32. The van der Waals surface area contributed by atoms with E-state index >= 15 is 0 Å². The molecule has 1 aromatic carbocycles. The van der Waals surface area contributed by atoms with Crippen LogP contribution in [0.3, 0.4) is 0 Å². The van der Waals surface area contributed by atoms with Crippen LogP contribution in [0.5, 0.6) is 0 Å². The van der Waals surface area contributed by atoms with Crippen molar-refractivity contribution in [2.75, 3.05) is 25.0 Å². The van der Waals surface area contributed by atoms with Crippen molar-refractivity contribution in [1.29, 1.82) is 5.26 Å². The molecule has 0 aliphatic carbocycles. The van der Waals surface area contributed by atoms with Gasteiger partial charge in [0.05, 0.1) is 23.1 Å². The molecule has 20 heavy (non-hydrogen) atoms. The Morgan fingerprint density at radius 1 is 1.45 bits per heavy atom. The average molecular weight is 274 g/mol. The number of nitrogens with one attached hydrogen (secondary N) is 1. The predicted molar refractivity (Wildman–Crippen MR) is 72.1 cm³/mol. The van der Waals surface area contributed by atoms with Crippen molar-refractivity contribution in [3.05, 3.63) is 33.9 Å². The van der Waals surface area contributed by atoms with Gasteiger partial charge in [-0.3, -0.25) is 14.9 Å². The van der Waals surface area contributed by atoms with Gasteiger partial charge in [-0.1, -0.05) is 0 Å². The molecule has 0 bridgehead atoms. The van der Waals surface area contributed by atoms with Crippen molar-refractivity contribution in [3.8, 4) is 6.07 Å². The summed E-state index contributed by atoms with van der Waals surface area (Å²) in [6, 6.07) is 5.95. The van der Waals surface area contributed by atoms with E-state index in [1.165, 1.54) is 18.2 Å². The minimum Gasteiger partial charge on any atom is -0.371 e. The Hall–Kier alpha value is -2.62. The Bertz CT molecular complexity index is 573. The summed E-state index contributed by atoms with van der Waals surface area (Å²) in [6.45, 7) is 1.47. The minimum atomic E-state index is -0.538. The third-order valence-electron chi connectivity index (χ3n) is 3.21. The number of benzene rings is 1. The molecule has 2 rings (SSSR count). The molecule has 7 nitrogen and oxygen atoms in total. The van der Waals surface area contributed by atoms with Crippen LogP contribution in [-0.2, 0) is 4.79 Å². The van der Waals surface area contributed by atoms with Gasteiger partial charge in [0.25, 0.3) is 5.69 Å². The number of nitrogens with zero attached hydrogens (tertiary/aromatic N) is 3. The highest BCUT2D eigenvalue weighted by molar-refractivity contribution is 5.82. The van der Waals surface area contributed by atoms with Crippen molar-refractivity contribution >= 4 is 17.3 Å². The van der Waals surface area contributed by atoms with Crippen LogP contribution >= 0.6 is 0 Å². The van der Waals surface area contributed by atoms with Crippen LogP contribution in [0, 0.1) is 21.4 Å². The molecule has 1 aliphatic rings. The lowest BCUT2D eigenvalue weighted by atomic mass is 10.2. The number of hydrogen-bond donors (Lipinski definition) is 1. The van der Waals surface area contributed by atoms with Crippen LogP contribution in [0.1, 0.15) is 18.4 Å². The highest BCUT2D eigenvalue weighted by Gasteiger charge is 2.19. The molecule has 1 fully saturated rings. The largest absolute Gasteiger partial charge is 0.371 e. The number of anilines is 1. The zero-order valence-corrected chi connectivity index (χ0v) is 10.8. The van der Waals surface area contributed by atoms with E-state index in [0.717, 1.165) is 25.9 Å². The molecule has 1 amide bonds. The van der Waals surface area contributed by atoms with Gasteiger partial charge in [0, 0.05) is 19.2 Å². The first-order chi connectivity index (χ1) is 9.61. The second kappa shape index (κ2) is 6.02. The molecule has 1 aromatic rings. The second-order valence-corrected chi connectivity index (χ2v) is 4.54. The van der Waals surface area contributed by atoms with Gasteiger partial charge in [-0.05, 0) is 25.0 Å². The van der Waals surface area contributed by atoms with Gasteiger partial charge in [-0.2, -0.15) is 5.26 Å². The molecule has 1 N–H and O–H groups in total. The van der Waals surface area contributed by atoms with Crippen molar-refractivity contribution in [2.45, 2.75) is 12.8 Å². The number of likely N-dealkylation sites (tertiary alicyclic amines) is 1. The van der Waals surface area contributed by atoms with E-state index < -0.39 is 4.92 Å². The first-order valence-electron chi connectivity index (χ1n) is 6.32. The van der Waals surface area contributed by atoms with Crippen LogP contribution in [0.15, 0.2) is 18.2 Å². The maximum absolute atomic E-state index is 11.9. The summed E-state index contributed by atoms with van der Waals surface area (Å²) in [4.78, 5) is 24.0. The molecule has 1 heterocycles. The Morgan fingerprint density at radius 2 is 2.15 bits per heavy atom. The fraction of sp³-hybridized carbons (Fsp3) is 0.385. The Kier molecular flexibility index (Phi) is 4.15. The number of carbonyl (C=O) groups excluding carboxylic acids is 1. The number of nitriles is 1. The Morgan fingerprint density at radius 3 is 2.75 bits per heavy atom. The molecule has 0 unspecified atom stereocenters. The number of amides is 1. The average Bonchev–Trinajstić information content (AvgIpc) is 2.98.